The maximum atomic E-state index is 11.1. The lowest BCUT2D eigenvalue weighted by Gasteiger charge is -2.09. The molecule has 0 unspecified atom stereocenters. The molecule has 2 rings (SSSR count). The van der Waals surface area contributed by atoms with Gasteiger partial charge in [0.1, 0.15) is 0 Å². The van der Waals surface area contributed by atoms with Gasteiger partial charge in [-0.15, -0.1) is 11.8 Å². The summed E-state index contributed by atoms with van der Waals surface area (Å²) >= 11 is 7.47. The van der Waals surface area contributed by atoms with Gasteiger partial charge in [0, 0.05) is 10.8 Å². The predicted molar refractivity (Wildman–Crippen MR) is 85.1 cm³/mol. The molecule has 0 fully saturated rings. The molecule has 0 heterocycles. The number of methoxy groups -OCH3 is 1. The van der Waals surface area contributed by atoms with Crippen molar-refractivity contribution in [1.29, 1.82) is 0 Å². The monoisotopic (exact) mass is 306 g/mol. The Balaban J connectivity index is 2.14. The van der Waals surface area contributed by atoms with Crippen LogP contribution in [0.1, 0.15) is 5.56 Å². The number of carbonyl (C=O) groups excluding carboxylic acids is 1. The molecule has 0 spiro atoms. The summed E-state index contributed by atoms with van der Waals surface area (Å²) in [6, 6.07) is 16.0. The first-order valence-electron chi connectivity index (χ1n) is 6.19. The first kappa shape index (κ1) is 14.9. The molecule has 0 aliphatic rings. The summed E-state index contributed by atoms with van der Waals surface area (Å²) in [6.45, 7) is 0. The molecular formula is C16H15ClO2S. The predicted octanol–water partition coefficient (Wildman–Crippen LogP) is 4.41. The minimum absolute atomic E-state index is 0.195. The first-order chi connectivity index (χ1) is 9.70. The fourth-order valence-corrected chi connectivity index (χ4v) is 2.84. The Morgan fingerprint density at radius 3 is 2.55 bits per heavy atom. The van der Waals surface area contributed by atoms with Gasteiger partial charge >= 0.3 is 5.97 Å². The highest BCUT2D eigenvalue weighted by Gasteiger charge is 2.06. The van der Waals surface area contributed by atoms with E-state index in [0.29, 0.717) is 5.75 Å². The van der Waals surface area contributed by atoms with Gasteiger partial charge in [-0.25, -0.2) is 0 Å². The second-order valence-electron chi connectivity index (χ2n) is 4.23. The van der Waals surface area contributed by atoms with Gasteiger partial charge in [0.05, 0.1) is 12.9 Å². The summed E-state index contributed by atoms with van der Waals surface area (Å²) in [6.07, 6.45) is 0. The number of hydrogen-bond acceptors (Lipinski definition) is 3. The Morgan fingerprint density at radius 2 is 1.85 bits per heavy atom. The number of benzene rings is 2. The number of ether oxygens (including phenoxy) is 1. The van der Waals surface area contributed by atoms with E-state index in [1.807, 2.05) is 36.4 Å². The highest BCUT2D eigenvalue weighted by Crippen LogP contribution is 2.27. The lowest BCUT2D eigenvalue weighted by Crippen LogP contribution is -2.03. The molecule has 2 aromatic rings. The van der Waals surface area contributed by atoms with Crippen LogP contribution < -0.4 is 0 Å². The normalized spacial score (nSPS) is 10.3. The SMILES string of the molecule is COC(=O)CSCc1ccccc1-c1ccc(Cl)cc1. The van der Waals surface area contributed by atoms with E-state index in [-0.39, 0.29) is 5.97 Å². The van der Waals surface area contributed by atoms with E-state index < -0.39 is 0 Å². The molecule has 4 heteroatoms. The Bertz CT molecular complexity index is 581. The number of halogens is 1. The van der Waals surface area contributed by atoms with Gasteiger partial charge in [0.15, 0.2) is 0 Å². The molecule has 0 radical (unpaired) electrons. The van der Waals surface area contributed by atoms with Crippen molar-refractivity contribution >= 4 is 29.3 Å². The van der Waals surface area contributed by atoms with E-state index in [4.69, 9.17) is 11.6 Å². The van der Waals surface area contributed by atoms with Gasteiger partial charge in [-0.2, -0.15) is 0 Å². The van der Waals surface area contributed by atoms with Crippen LogP contribution in [0.4, 0.5) is 0 Å². The molecule has 0 saturated heterocycles. The largest absolute Gasteiger partial charge is 0.468 e. The molecule has 104 valence electrons. The Hall–Kier alpha value is -1.45. The van der Waals surface area contributed by atoms with Crippen molar-refractivity contribution in [2.45, 2.75) is 5.75 Å². The molecule has 0 N–H and O–H groups in total. The maximum Gasteiger partial charge on any atom is 0.315 e. The van der Waals surface area contributed by atoms with Crippen molar-refractivity contribution in [2.24, 2.45) is 0 Å². The average molecular weight is 307 g/mol. The molecule has 0 saturated carbocycles. The summed E-state index contributed by atoms with van der Waals surface area (Å²) in [5, 5.41) is 0.728. The highest BCUT2D eigenvalue weighted by atomic mass is 35.5. The van der Waals surface area contributed by atoms with Crippen LogP contribution in [-0.2, 0) is 15.3 Å². The van der Waals surface area contributed by atoms with Crippen molar-refractivity contribution < 1.29 is 9.53 Å². The second-order valence-corrected chi connectivity index (χ2v) is 5.66. The summed E-state index contributed by atoms with van der Waals surface area (Å²) in [5.41, 5.74) is 3.49. The molecule has 0 amide bonds. The van der Waals surface area contributed by atoms with Gasteiger partial charge in [0.25, 0.3) is 0 Å². The Morgan fingerprint density at radius 1 is 1.15 bits per heavy atom. The summed E-state index contributed by atoms with van der Waals surface area (Å²) in [4.78, 5) is 11.1. The Labute approximate surface area is 128 Å². The lowest BCUT2D eigenvalue weighted by molar-refractivity contribution is -0.137. The van der Waals surface area contributed by atoms with Crippen molar-refractivity contribution in [3.63, 3.8) is 0 Å². The third-order valence-electron chi connectivity index (χ3n) is 2.88. The summed E-state index contributed by atoms with van der Waals surface area (Å²) in [5.74, 6) is 0.943. The van der Waals surface area contributed by atoms with E-state index in [2.05, 4.69) is 16.9 Å². The molecule has 2 nitrogen and oxygen atoms in total. The standard InChI is InChI=1S/C16H15ClO2S/c1-19-16(18)11-20-10-13-4-2-3-5-15(13)12-6-8-14(17)9-7-12/h2-9H,10-11H2,1H3. The summed E-state index contributed by atoms with van der Waals surface area (Å²) < 4.78 is 4.64. The van der Waals surface area contributed by atoms with E-state index >= 15 is 0 Å². The van der Waals surface area contributed by atoms with Gasteiger partial charge in [0.2, 0.25) is 0 Å². The fourth-order valence-electron chi connectivity index (χ4n) is 1.86. The van der Waals surface area contributed by atoms with Gasteiger partial charge < -0.3 is 4.74 Å². The van der Waals surface area contributed by atoms with Crippen LogP contribution in [0.3, 0.4) is 0 Å². The van der Waals surface area contributed by atoms with Crippen LogP contribution >= 0.6 is 23.4 Å². The number of hydrogen-bond donors (Lipinski definition) is 0. The maximum absolute atomic E-state index is 11.1. The second kappa shape index (κ2) is 7.36. The van der Waals surface area contributed by atoms with Crippen molar-refractivity contribution in [3.8, 4) is 11.1 Å². The molecule has 0 aliphatic heterocycles. The highest BCUT2D eigenvalue weighted by molar-refractivity contribution is 7.99. The van der Waals surface area contributed by atoms with E-state index in [0.717, 1.165) is 16.3 Å². The van der Waals surface area contributed by atoms with Crippen LogP contribution in [-0.4, -0.2) is 18.8 Å². The smallest absolute Gasteiger partial charge is 0.315 e. The summed E-state index contributed by atoms with van der Waals surface area (Å²) in [7, 11) is 1.41. The molecular weight excluding hydrogens is 292 g/mol. The first-order valence-corrected chi connectivity index (χ1v) is 7.72. The third kappa shape index (κ3) is 4.02. The average Bonchev–Trinajstić information content (AvgIpc) is 2.48. The molecule has 0 bridgehead atoms. The zero-order chi connectivity index (χ0) is 14.4. The van der Waals surface area contributed by atoms with Crippen molar-refractivity contribution in [3.05, 3.63) is 59.1 Å². The number of rotatable bonds is 5. The van der Waals surface area contributed by atoms with Gasteiger partial charge in [-0.3, -0.25) is 4.79 Å². The zero-order valence-corrected chi connectivity index (χ0v) is 12.7. The van der Waals surface area contributed by atoms with Crippen LogP contribution in [0.2, 0.25) is 5.02 Å². The molecule has 0 atom stereocenters. The van der Waals surface area contributed by atoms with Crippen LogP contribution in [0.5, 0.6) is 0 Å². The van der Waals surface area contributed by atoms with E-state index in [1.54, 1.807) is 11.8 Å². The van der Waals surface area contributed by atoms with E-state index in [1.165, 1.54) is 18.2 Å². The van der Waals surface area contributed by atoms with Crippen LogP contribution in [0.15, 0.2) is 48.5 Å². The Kier molecular flexibility index (Phi) is 5.50. The van der Waals surface area contributed by atoms with E-state index in [9.17, 15) is 4.79 Å². The van der Waals surface area contributed by atoms with Crippen LogP contribution in [0.25, 0.3) is 11.1 Å². The molecule has 20 heavy (non-hydrogen) atoms. The molecule has 2 aromatic carbocycles. The third-order valence-corrected chi connectivity index (χ3v) is 4.08. The quantitative estimate of drug-likeness (QED) is 0.765. The van der Waals surface area contributed by atoms with Gasteiger partial charge in [-0.1, -0.05) is 48.0 Å². The fraction of sp³-hybridized carbons (Fsp3) is 0.188. The number of esters is 1. The zero-order valence-electron chi connectivity index (χ0n) is 11.1. The topological polar surface area (TPSA) is 26.3 Å². The lowest BCUT2D eigenvalue weighted by atomic mass is 10.0. The number of carbonyl (C=O) groups is 1. The van der Waals surface area contributed by atoms with Crippen LogP contribution in [0, 0.1) is 0 Å². The number of thioether (sulfide) groups is 1. The minimum Gasteiger partial charge on any atom is -0.468 e. The van der Waals surface area contributed by atoms with Crippen molar-refractivity contribution in [1.82, 2.24) is 0 Å². The van der Waals surface area contributed by atoms with Crippen molar-refractivity contribution in [2.75, 3.05) is 12.9 Å². The minimum atomic E-state index is -0.195. The van der Waals surface area contributed by atoms with Gasteiger partial charge in [-0.05, 0) is 28.8 Å². The molecule has 0 aromatic heterocycles. The molecule has 0 aliphatic carbocycles.